The number of carbonyl (C=O) groups is 2. The zero-order valence-electron chi connectivity index (χ0n) is 40.8. The second kappa shape index (κ2) is 24.5. The molecule has 364 valence electrons. The smallest absolute Gasteiger partial charge is 0.420 e. The Kier molecular flexibility index (Phi) is 17.3. The van der Waals surface area contributed by atoms with E-state index in [0.717, 1.165) is 107 Å². The van der Waals surface area contributed by atoms with E-state index in [4.69, 9.17) is 28.7 Å². The number of nitrogens with zero attached hydrogens (tertiary/aromatic N) is 7. The van der Waals surface area contributed by atoms with Crippen LogP contribution in [-0.2, 0) is 40.1 Å². The van der Waals surface area contributed by atoms with E-state index in [0.29, 0.717) is 82.0 Å². The van der Waals surface area contributed by atoms with Gasteiger partial charge in [-0.05, 0) is 116 Å². The first-order chi connectivity index (χ1) is 34.2. The van der Waals surface area contributed by atoms with Gasteiger partial charge < -0.3 is 23.7 Å². The summed E-state index contributed by atoms with van der Waals surface area (Å²) in [6.07, 6.45) is 9.72. The highest BCUT2D eigenvalue weighted by Gasteiger charge is 2.23. The molecule has 4 aromatic carbocycles. The monoisotopic (exact) mass is 945 g/mol. The lowest BCUT2D eigenvalue weighted by Crippen LogP contribution is -2.38. The van der Waals surface area contributed by atoms with Crippen molar-refractivity contribution in [2.24, 2.45) is 0 Å². The number of ether oxygens (including phenoxy) is 5. The molecule has 0 aliphatic carbocycles. The van der Waals surface area contributed by atoms with Crippen LogP contribution in [-0.4, -0.2) is 103 Å². The Morgan fingerprint density at radius 1 is 0.700 bits per heavy atom. The minimum atomic E-state index is -0.448. The Morgan fingerprint density at radius 2 is 1.47 bits per heavy atom. The molecule has 8 bridgehead atoms. The van der Waals surface area contributed by atoms with Gasteiger partial charge >= 0.3 is 6.09 Å². The molecule has 14 nitrogen and oxygen atoms in total. The van der Waals surface area contributed by atoms with Crippen molar-refractivity contribution in [1.29, 1.82) is 0 Å². The van der Waals surface area contributed by atoms with Crippen LogP contribution in [0.2, 0.25) is 0 Å². The fraction of sp³-hybridized carbons (Fsp3) is 0.357. The van der Waals surface area contributed by atoms with Gasteiger partial charge in [0.1, 0.15) is 54.2 Å². The molecule has 1 fully saturated rings. The average Bonchev–Trinajstić information content (AvgIpc) is 3.36. The average molecular weight is 946 g/mol. The van der Waals surface area contributed by atoms with Crippen LogP contribution in [0.5, 0.6) is 17.2 Å². The minimum Gasteiger partial charge on any atom is -0.492 e. The van der Waals surface area contributed by atoms with E-state index in [-0.39, 0.29) is 5.91 Å². The number of aromatic nitrogens is 4. The molecule has 0 N–H and O–H groups in total. The van der Waals surface area contributed by atoms with Gasteiger partial charge in [-0.1, -0.05) is 60.7 Å². The Morgan fingerprint density at radius 3 is 2.29 bits per heavy atom. The van der Waals surface area contributed by atoms with Crippen LogP contribution < -0.4 is 24.0 Å². The fourth-order valence-corrected chi connectivity index (χ4v) is 8.64. The van der Waals surface area contributed by atoms with Gasteiger partial charge in [-0.2, -0.15) is 0 Å². The summed E-state index contributed by atoms with van der Waals surface area (Å²) in [5.41, 5.74) is 9.20. The molecule has 9 rings (SSSR count). The number of hydrogen-bond donors (Lipinski definition) is 0. The summed E-state index contributed by atoms with van der Waals surface area (Å²) in [5.74, 6) is 4.06. The summed E-state index contributed by atoms with van der Waals surface area (Å²) in [5, 5.41) is 0. The van der Waals surface area contributed by atoms with Gasteiger partial charge in [-0.3, -0.25) is 19.5 Å². The molecule has 70 heavy (non-hydrogen) atoms. The molecule has 2 amide bonds. The lowest BCUT2D eigenvalue weighted by Gasteiger charge is -2.26. The molecule has 6 aromatic rings. The summed E-state index contributed by atoms with van der Waals surface area (Å²) in [6, 6.07) is 29.8. The number of hydrogen-bond acceptors (Lipinski definition) is 12. The van der Waals surface area contributed by atoms with E-state index in [2.05, 4.69) is 25.9 Å². The molecule has 0 atom stereocenters. The first-order valence-corrected chi connectivity index (χ1v) is 24.2. The van der Waals surface area contributed by atoms with Crippen molar-refractivity contribution >= 4 is 23.6 Å². The second-order valence-electron chi connectivity index (χ2n) is 17.8. The third-order valence-electron chi connectivity index (χ3n) is 12.6. The summed E-state index contributed by atoms with van der Waals surface area (Å²) >= 11 is 0. The molecule has 1 saturated heterocycles. The van der Waals surface area contributed by atoms with Crippen LogP contribution in [0.25, 0.3) is 0 Å². The summed E-state index contributed by atoms with van der Waals surface area (Å²) in [4.78, 5) is 50.4. The number of aryl methyl sites for hydroxylation is 4. The molecular weight excluding hydrogens is 883 g/mol. The Bertz CT molecular complexity index is 2720. The second-order valence-corrected chi connectivity index (χ2v) is 17.8. The number of carbonyl (C=O) groups excluding carboxylic acids is 2. The number of rotatable bonds is 7. The van der Waals surface area contributed by atoms with Crippen molar-refractivity contribution in [3.05, 3.63) is 172 Å². The molecule has 0 spiro atoms. The standard InChI is InChI=1S/C31H38N4O5.C25H25N3O2/c1-23-6-5-7-24(2)30(23)40-31(36)35-12-3-4-16-38-22-26-20-25(21-28-32-11-10-29(35)33-28)8-9-27(26)39-19-15-34-13-17-37-18-14-34;1-18-7-5-8-19(2)23(18)16-25(29)28-11-3-4-12-30-22-10-6-9-20(14-22)13-21-15-24(28)27-17-26-21/h5-11,20H,3-4,12-19,21-22H2,1-2H3;3-10,14-15,17H,11-13,16H2,1-2H3/b;4-3+. The maximum atomic E-state index is 13.4. The first-order valence-electron chi connectivity index (χ1n) is 24.2. The summed E-state index contributed by atoms with van der Waals surface area (Å²) in [6.45, 7) is 15.3. The van der Waals surface area contributed by atoms with Crippen LogP contribution >= 0.6 is 0 Å². The molecule has 0 unspecified atom stereocenters. The van der Waals surface area contributed by atoms with E-state index >= 15 is 0 Å². The first kappa shape index (κ1) is 49.4. The lowest BCUT2D eigenvalue weighted by molar-refractivity contribution is -0.117. The van der Waals surface area contributed by atoms with E-state index < -0.39 is 6.09 Å². The van der Waals surface area contributed by atoms with Crippen LogP contribution in [0.15, 0.2) is 116 Å². The summed E-state index contributed by atoms with van der Waals surface area (Å²) < 4.78 is 29.4. The van der Waals surface area contributed by atoms with Crippen molar-refractivity contribution in [1.82, 2.24) is 24.8 Å². The maximum absolute atomic E-state index is 13.4. The van der Waals surface area contributed by atoms with Crippen molar-refractivity contribution in [3.8, 4) is 17.2 Å². The van der Waals surface area contributed by atoms with Gasteiger partial charge in [-0.15, -0.1) is 0 Å². The van der Waals surface area contributed by atoms with Crippen molar-refractivity contribution in [2.45, 2.75) is 66.4 Å². The molecule has 5 heterocycles. The van der Waals surface area contributed by atoms with E-state index in [1.165, 1.54) is 6.33 Å². The van der Waals surface area contributed by atoms with Crippen molar-refractivity contribution in [3.63, 3.8) is 0 Å². The normalized spacial score (nSPS) is 15.8. The SMILES string of the molecule is Cc1cccc(C)c1CC(=O)N1C/C=C/COc2cccc(c2)Cc2cc1ncn2.Cc1cccc(C)c1OC(=O)N1CCCCOCc2cc(ccc2OCCN2CCOCC2)Cc2nccc1n2. The van der Waals surface area contributed by atoms with Crippen LogP contribution in [0.1, 0.15) is 68.9 Å². The highest BCUT2D eigenvalue weighted by atomic mass is 16.6. The Balaban J connectivity index is 0.000000196. The van der Waals surface area contributed by atoms with Crippen LogP contribution in [0, 0.1) is 27.7 Å². The largest absolute Gasteiger partial charge is 0.492 e. The van der Waals surface area contributed by atoms with Gasteiger partial charge in [0.05, 0.1) is 31.9 Å². The zero-order valence-corrected chi connectivity index (χ0v) is 40.8. The number of amides is 2. The molecular formula is C56H63N7O7. The molecule has 0 radical (unpaired) electrons. The van der Waals surface area contributed by atoms with Crippen molar-refractivity contribution in [2.75, 3.05) is 75.6 Å². The maximum Gasteiger partial charge on any atom is 0.420 e. The Hall–Kier alpha value is -7.00. The number of anilines is 2. The van der Waals surface area contributed by atoms with E-state index in [9.17, 15) is 9.59 Å². The third-order valence-corrected chi connectivity index (χ3v) is 12.6. The summed E-state index contributed by atoms with van der Waals surface area (Å²) in [7, 11) is 0. The van der Waals surface area contributed by atoms with Crippen molar-refractivity contribution < 1.29 is 33.3 Å². The number of morpholine rings is 1. The van der Waals surface area contributed by atoms with Gasteiger partial charge in [0.15, 0.2) is 0 Å². The fourth-order valence-electron chi connectivity index (χ4n) is 8.64. The van der Waals surface area contributed by atoms with Gasteiger partial charge in [0, 0.05) is 70.0 Å². The van der Waals surface area contributed by atoms with Gasteiger partial charge in [-0.25, -0.2) is 24.7 Å². The van der Waals surface area contributed by atoms with Gasteiger partial charge in [0.2, 0.25) is 5.91 Å². The molecule has 0 saturated carbocycles. The topological polar surface area (TPSA) is 142 Å². The number of para-hydroxylation sites is 1. The number of fused-ring (bicyclic) bond motifs is 8. The predicted molar refractivity (Wildman–Crippen MR) is 270 cm³/mol. The highest BCUT2D eigenvalue weighted by Crippen LogP contribution is 2.27. The molecule has 3 aliphatic heterocycles. The van der Waals surface area contributed by atoms with Crippen LogP contribution in [0.4, 0.5) is 16.4 Å². The lowest BCUT2D eigenvalue weighted by atomic mass is 9.99. The Labute approximate surface area is 411 Å². The van der Waals surface area contributed by atoms with E-state index in [1.807, 2.05) is 119 Å². The zero-order chi connectivity index (χ0) is 48.7. The molecule has 14 heteroatoms. The number of benzene rings is 4. The minimum absolute atomic E-state index is 0.0121. The van der Waals surface area contributed by atoms with E-state index in [1.54, 1.807) is 22.1 Å². The quantitative estimate of drug-likeness (QED) is 0.141. The van der Waals surface area contributed by atoms with Gasteiger partial charge in [0.25, 0.3) is 0 Å². The molecule has 3 aliphatic rings. The third kappa shape index (κ3) is 13.6. The predicted octanol–water partition coefficient (Wildman–Crippen LogP) is 8.92. The molecule has 2 aromatic heterocycles. The highest BCUT2D eigenvalue weighted by molar-refractivity contribution is 5.94. The van der Waals surface area contributed by atoms with Crippen LogP contribution in [0.3, 0.4) is 0 Å².